The molecule has 5 rings (SSSR count). The summed E-state index contributed by atoms with van der Waals surface area (Å²) in [5.41, 5.74) is 7.19. The van der Waals surface area contributed by atoms with E-state index in [4.69, 9.17) is 4.74 Å². The molecule has 52 heavy (non-hydrogen) atoms. The van der Waals surface area contributed by atoms with Gasteiger partial charge in [-0.05, 0) is 121 Å². The van der Waals surface area contributed by atoms with Crippen molar-refractivity contribution in [3.63, 3.8) is 0 Å². The third-order valence-electron chi connectivity index (χ3n) is 7.95. The molecule has 0 saturated heterocycles. The number of methoxy groups -OCH3 is 1. The Kier molecular flexibility index (Phi) is 15.1. The van der Waals surface area contributed by atoms with Crippen molar-refractivity contribution in [2.24, 2.45) is 0 Å². The van der Waals surface area contributed by atoms with Crippen LogP contribution in [-0.4, -0.2) is 38.4 Å². The fourth-order valence-electron chi connectivity index (χ4n) is 5.30. The first kappa shape index (κ1) is 40.0. The second kappa shape index (κ2) is 19.6. The molecule has 5 N–H and O–H groups in total. The molecule has 268 valence electrons. The van der Waals surface area contributed by atoms with Crippen LogP contribution < -0.4 is 4.74 Å². The quantitative estimate of drug-likeness (QED) is 0.0648. The number of Topliss-reactive ketones (excluding diaryl/α,β-unsaturated/α-hetero) is 1. The number of allylic oxidation sites excluding steroid dienone is 4. The Bertz CT molecular complexity index is 1980. The van der Waals surface area contributed by atoms with Gasteiger partial charge in [0.1, 0.15) is 34.5 Å². The van der Waals surface area contributed by atoms with Gasteiger partial charge in [-0.1, -0.05) is 48.6 Å². The molecule has 0 bridgehead atoms. The summed E-state index contributed by atoms with van der Waals surface area (Å²) in [6.45, 7) is 16.2. The van der Waals surface area contributed by atoms with Gasteiger partial charge in [0.15, 0.2) is 5.78 Å². The maximum absolute atomic E-state index is 10.9. The van der Waals surface area contributed by atoms with E-state index in [9.17, 15) is 30.3 Å². The number of hydrogen-bond acceptors (Lipinski definition) is 7. The molecule has 0 unspecified atom stereocenters. The second-order valence-electron chi connectivity index (χ2n) is 11.8. The first-order valence-electron chi connectivity index (χ1n) is 16.6. The van der Waals surface area contributed by atoms with Crippen LogP contribution >= 0.6 is 0 Å². The molecule has 0 saturated carbocycles. The van der Waals surface area contributed by atoms with Gasteiger partial charge in [0.25, 0.3) is 0 Å². The maximum atomic E-state index is 10.9. The minimum Gasteiger partial charge on any atom is -0.508 e. The van der Waals surface area contributed by atoms with Crippen LogP contribution in [-0.2, 0) is 25.7 Å². The van der Waals surface area contributed by atoms with Crippen LogP contribution in [0.5, 0.6) is 34.5 Å². The molecule has 5 aromatic rings. The van der Waals surface area contributed by atoms with Crippen LogP contribution in [0.1, 0.15) is 39.5 Å². The van der Waals surface area contributed by atoms with E-state index in [1.54, 1.807) is 42.5 Å². The zero-order chi connectivity index (χ0) is 38.2. The average molecular weight is 699 g/mol. The van der Waals surface area contributed by atoms with Gasteiger partial charge in [0.2, 0.25) is 0 Å². The standard InChI is InChI=1S/2C18H18O2.C9H10O3/c1-3-5-13-7-9-18(20)16(11-13)14-8-10-17(19)15(12-14)6-4-2;1-3-5-13-7-9-17(19)15(11-13)16-12-14(6-4-2)8-10-18(16)20;1-6(10)8-4-3-7(12-2)5-9(8)11/h2*3-4,7-12,19-20H,1-2,5-6H2;3-5,11H,1-2H3. The Labute approximate surface area is 306 Å². The molecule has 0 spiro atoms. The Hall–Kier alpha value is -6.47. The lowest BCUT2D eigenvalue weighted by Gasteiger charge is -2.10. The van der Waals surface area contributed by atoms with E-state index in [2.05, 4.69) is 26.3 Å². The van der Waals surface area contributed by atoms with Gasteiger partial charge in [-0.3, -0.25) is 4.79 Å². The Morgan fingerprint density at radius 2 is 0.981 bits per heavy atom. The van der Waals surface area contributed by atoms with Gasteiger partial charge in [-0.2, -0.15) is 0 Å². The summed E-state index contributed by atoms with van der Waals surface area (Å²) in [6, 6.07) is 26.2. The van der Waals surface area contributed by atoms with E-state index >= 15 is 0 Å². The molecule has 0 amide bonds. The third kappa shape index (κ3) is 11.0. The molecule has 7 nitrogen and oxygen atoms in total. The van der Waals surface area contributed by atoms with E-state index < -0.39 is 0 Å². The van der Waals surface area contributed by atoms with Gasteiger partial charge in [0, 0.05) is 22.8 Å². The van der Waals surface area contributed by atoms with Crippen molar-refractivity contribution in [2.75, 3.05) is 7.11 Å². The smallest absolute Gasteiger partial charge is 0.163 e. The number of phenolic OH excluding ortho intramolecular Hbond substituents is 5. The summed E-state index contributed by atoms with van der Waals surface area (Å²) >= 11 is 0. The number of ether oxygens (including phenoxy) is 1. The monoisotopic (exact) mass is 698 g/mol. The maximum Gasteiger partial charge on any atom is 0.163 e. The highest BCUT2D eigenvalue weighted by molar-refractivity contribution is 5.96. The molecule has 0 heterocycles. The molecule has 0 aliphatic rings. The molecule has 0 atom stereocenters. The van der Waals surface area contributed by atoms with Crippen molar-refractivity contribution >= 4 is 5.78 Å². The van der Waals surface area contributed by atoms with Crippen molar-refractivity contribution in [1.82, 2.24) is 0 Å². The highest BCUT2D eigenvalue weighted by Crippen LogP contribution is 2.37. The van der Waals surface area contributed by atoms with E-state index in [-0.39, 0.29) is 34.5 Å². The lowest BCUT2D eigenvalue weighted by molar-refractivity contribution is 0.101. The summed E-state index contributed by atoms with van der Waals surface area (Å²) < 4.78 is 4.86. The highest BCUT2D eigenvalue weighted by Gasteiger charge is 2.12. The number of benzene rings is 5. The Morgan fingerprint density at radius 3 is 1.40 bits per heavy atom. The van der Waals surface area contributed by atoms with E-state index in [1.807, 2.05) is 60.7 Å². The van der Waals surface area contributed by atoms with Gasteiger partial charge < -0.3 is 30.3 Å². The third-order valence-corrected chi connectivity index (χ3v) is 7.95. The van der Waals surface area contributed by atoms with Crippen LogP contribution in [0.15, 0.2) is 142 Å². The van der Waals surface area contributed by atoms with Crippen LogP contribution in [0, 0.1) is 0 Å². The molecule has 0 aliphatic heterocycles. The minimum absolute atomic E-state index is 0.0400. The summed E-state index contributed by atoms with van der Waals surface area (Å²) in [5, 5.41) is 49.2. The summed E-state index contributed by atoms with van der Waals surface area (Å²) in [4.78, 5) is 10.9. The van der Waals surface area contributed by atoms with Gasteiger partial charge in [-0.25, -0.2) is 0 Å². The average Bonchev–Trinajstić information content (AvgIpc) is 3.12. The number of ketones is 1. The Balaban J connectivity index is 0.000000218. The minimum atomic E-state index is -0.157. The molecule has 0 fully saturated rings. The fraction of sp³-hybridized carbons (Fsp3) is 0.133. The van der Waals surface area contributed by atoms with Crippen LogP contribution in [0.4, 0.5) is 0 Å². The van der Waals surface area contributed by atoms with E-state index in [0.29, 0.717) is 28.9 Å². The molecular formula is C45H46O7. The van der Waals surface area contributed by atoms with Gasteiger partial charge >= 0.3 is 0 Å². The first-order chi connectivity index (χ1) is 24.9. The van der Waals surface area contributed by atoms with Crippen LogP contribution in [0.2, 0.25) is 0 Å². The molecule has 0 radical (unpaired) electrons. The number of carbonyl (C=O) groups is 1. The van der Waals surface area contributed by atoms with Crippen LogP contribution in [0.3, 0.4) is 0 Å². The number of carbonyl (C=O) groups excluding carboxylic acids is 1. The number of rotatable bonds is 12. The number of aromatic hydroxyl groups is 5. The molecule has 5 aromatic carbocycles. The summed E-state index contributed by atoms with van der Waals surface area (Å²) in [7, 11) is 1.50. The molecule has 0 aromatic heterocycles. The van der Waals surface area contributed by atoms with Gasteiger partial charge in [-0.15, -0.1) is 26.3 Å². The van der Waals surface area contributed by atoms with Crippen molar-refractivity contribution in [3.8, 4) is 56.8 Å². The van der Waals surface area contributed by atoms with Crippen molar-refractivity contribution < 1.29 is 35.1 Å². The van der Waals surface area contributed by atoms with Crippen molar-refractivity contribution in [3.05, 3.63) is 169 Å². The highest BCUT2D eigenvalue weighted by atomic mass is 16.5. The topological polar surface area (TPSA) is 127 Å². The molecule has 0 aliphatic carbocycles. The zero-order valence-corrected chi connectivity index (χ0v) is 29.7. The van der Waals surface area contributed by atoms with Crippen molar-refractivity contribution in [1.29, 1.82) is 0 Å². The normalized spacial score (nSPS) is 10.0. The summed E-state index contributed by atoms with van der Waals surface area (Å²) in [5.74, 6) is 1.13. The summed E-state index contributed by atoms with van der Waals surface area (Å²) in [6.07, 6.45) is 9.98. The number of phenols is 5. The predicted octanol–water partition coefficient (Wildman–Crippen LogP) is 10.0. The van der Waals surface area contributed by atoms with E-state index in [1.165, 1.54) is 26.2 Å². The first-order valence-corrected chi connectivity index (χ1v) is 16.6. The predicted molar refractivity (Wildman–Crippen MR) is 211 cm³/mol. The second-order valence-corrected chi connectivity index (χ2v) is 11.8. The molecule has 7 heteroatoms. The largest absolute Gasteiger partial charge is 0.508 e. The van der Waals surface area contributed by atoms with E-state index in [0.717, 1.165) is 52.6 Å². The molecular weight excluding hydrogens is 652 g/mol. The lowest BCUT2D eigenvalue weighted by atomic mass is 9.97. The van der Waals surface area contributed by atoms with Crippen molar-refractivity contribution in [2.45, 2.75) is 32.6 Å². The fourth-order valence-corrected chi connectivity index (χ4v) is 5.30. The van der Waals surface area contributed by atoms with Gasteiger partial charge in [0.05, 0.1) is 12.7 Å². The lowest BCUT2D eigenvalue weighted by Crippen LogP contribution is -1.92. The Morgan fingerprint density at radius 1 is 0.538 bits per heavy atom. The van der Waals surface area contributed by atoms with Crippen LogP contribution in [0.25, 0.3) is 22.3 Å². The number of hydrogen-bond donors (Lipinski definition) is 5. The SMILES string of the molecule is C=CCc1ccc(O)c(-c2cc(CC=C)ccc2O)c1.C=CCc1ccc(O)c(-c2ccc(O)c(CC=C)c2)c1.COc1ccc(C(C)=O)c(O)c1. The zero-order valence-electron chi connectivity index (χ0n) is 29.7.